The number of carbonyl (C=O) groups excluding carboxylic acids is 3. The lowest BCUT2D eigenvalue weighted by molar-refractivity contribution is -0.133. The Labute approximate surface area is 186 Å². The second-order valence-electron chi connectivity index (χ2n) is 8.29. The number of fused-ring (bicyclic) bond motifs is 1. The molecule has 0 aromatic carbocycles. The van der Waals surface area contributed by atoms with E-state index in [0.29, 0.717) is 31.1 Å². The highest BCUT2D eigenvalue weighted by Gasteiger charge is 2.48. The van der Waals surface area contributed by atoms with E-state index in [-0.39, 0.29) is 30.7 Å². The number of amides is 2. The van der Waals surface area contributed by atoms with Crippen molar-refractivity contribution in [2.24, 2.45) is 5.92 Å². The first-order chi connectivity index (χ1) is 14.8. The van der Waals surface area contributed by atoms with Gasteiger partial charge in [-0.25, -0.2) is 4.79 Å². The molecule has 1 atom stereocenters. The molecule has 8 nitrogen and oxygen atoms in total. The minimum Gasteiger partial charge on any atom is -0.461 e. The number of hydrogen-bond donors (Lipinski definition) is 1. The molecule has 2 aromatic heterocycles. The quantitative estimate of drug-likeness (QED) is 0.598. The Morgan fingerprint density at radius 3 is 2.81 bits per heavy atom. The van der Waals surface area contributed by atoms with Gasteiger partial charge in [-0.2, -0.15) is 5.10 Å². The lowest BCUT2D eigenvalue weighted by Crippen LogP contribution is -2.64. The van der Waals surface area contributed by atoms with Crippen LogP contribution in [0.2, 0.25) is 0 Å². The summed E-state index contributed by atoms with van der Waals surface area (Å²) >= 11 is 1.62. The van der Waals surface area contributed by atoms with Crippen molar-refractivity contribution in [3.63, 3.8) is 0 Å². The van der Waals surface area contributed by atoms with Crippen LogP contribution in [0.15, 0.2) is 23.6 Å². The Bertz CT molecular complexity index is 937. The van der Waals surface area contributed by atoms with Gasteiger partial charge in [0.25, 0.3) is 5.91 Å². The van der Waals surface area contributed by atoms with Gasteiger partial charge in [-0.15, -0.1) is 11.3 Å². The van der Waals surface area contributed by atoms with Crippen LogP contribution in [0.3, 0.4) is 0 Å². The molecule has 3 rings (SSSR count). The van der Waals surface area contributed by atoms with Gasteiger partial charge in [-0.1, -0.05) is 19.9 Å². The van der Waals surface area contributed by atoms with Crippen molar-refractivity contribution in [3.8, 4) is 0 Å². The number of thiophene rings is 1. The van der Waals surface area contributed by atoms with Gasteiger partial charge in [-0.3, -0.25) is 14.3 Å². The first kappa shape index (κ1) is 23.0. The van der Waals surface area contributed by atoms with Crippen LogP contribution >= 0.6 is 11.3 Å². The van der Waals surface area contributed by atoms with E-state index in [1.165, 1.54) is 10.7 Å². The molecule has 3 heterocycles. The molecule has 0 saturated carbocycles. The molecule has 2 aromatic rings. The summed E-state index contributed by atoms with van der Waals surface area (Å²) in [5.74, 6) is -0.648. The smallest absolute Gasteiger partial charge is 0.358 e. The maximum absolute atomic E-state index is 13.4. The highest BCUT2D eigenvalue weighted by atomic mass is 32.1. The van der Waals surface area contributed by atoms with Gasteiger partial charge < -0.3 is 15.0 Å². The first-order valence-electron chi connectivity index (χ1n) is 10.6. The average Bonchev–Trinajstić information content (AvgIpc) is 3.37. The maximum Gasteiger partial charge on any atom is 0.358 e. The van der Waals surface area contributed by atoms with Gasteiger partial charge >= 0.3 is 5.97 Å². The van der Waals surface area contributed by atoms with E-state index in [1.807, 2.05) is 17.5 Å². The van der Waals surface area contributed by atoms with Crippen molar-refractivity contribution in [1.82, 2.24) is 20.0 Å². The van der Waals surface area contributed by atoms with Crippen molar-refractivity contribution in [2.75, 3.05) is 19.7 Å². The molecular weight excluding hydrogens is 416 g/mol. The summed E-state index contributed by atoms with van der Waals surface area (Å²) in [7, 11) is 0. The van der Waals surface area contributed by atoms with E-state index in [1.54, 1.807) is 30.1 Å². The van der Waals surface area contributed by atoms with Crippen LogP contribution in [0.25, 0.3) is 0 Å². The number of nitrogens with zero attached hydrogens (tertiary/aromatic N) is 3. The second kappa shape index (κ2) is 9.64. The van der Waals surface area contributed by atoms with Crippen molar-refractivity contribution in [1.29, 1.82) is 0 Å². The van der Waals surface area contributed by atoms with Crippen LogP contribution in [-0.4, -0.2) is 57.7 Å². The van der Waals surface area contributed by atoms with Crippen LogP contribution in [0.4, 0.5) is 0 Å². The molecule has 0 unspecified atom stereocenters. The summed E-state index contributed by atoms with van der Waals surface area (Å²) in [6, 6.07) is 5.44. The van der Waals surface area contributed by atoms with Gasteiger partial charge in [0.1, 0.15) is 11.2 Å². The van der Waals surface area contributed by atoms with Crippen LogP contribution in [-0.2, 0) is 22.5 Å². The first-order valence-corrected chi connectivity index (χ1v) is 11.5. The Kier molecular flexibility index (Phi) is 7.15. The fourth-order valence-corrected chi connectivity index (χ4v) is 4.34. The summed E-state index contributed by atoms with van der Waals surface area (Å²) in [6.45, 7) is 8.99. The Morgan fingerprint density at radius 2 is 2.16 bits per heavy atom. The van der Waals surface area contributed by atoms with Crippen LogP contribution < -0.4 is 5.32 Å². The number of esters is 1. The predicted molar refractivity (Wildman–Crippen MR) is 118 cm³/mol. The zero-order chi connectivity index (χ0) is 22.6. The summed E-state index contributed by atoms with van der Waals surface area (Å²) in [5, 5.41) is 9.24. The third-order valence-corrected chi connectivity index (χ3v) is 6.38. The van der Waals surface area contributed by atoms with E-state index in [0.717, 1.165) is 11.3 Å². The van der Waals surface area contributed by atoms with Gasteiger partial charge in [0.2, 0.25) is 5.91 Å². The van der Waals surface area contributed by atoms with E-state index >= 15 is 0 Å². The molecule has 0 spiro atoms. The standard InChI is InChI=1S/C22H30N4O4S/c1-5-30-20(28)17-13-18-19(27)25(11-9-16-7-6-12-31-16)22(4,14-26(18)24-17)21(29)23-10-8-15(2)3/h6-7,12-13,15H,5,8-11,14H2,1-4H3,(H,23,29)/t22-/m1/s1. The van der Waals surface area contributed by atoms with Crippen molar-refractivity contribution < 1.29 is 19.1 Å². The third-order valence-electron chi connectivity index (χ3n) is 5.44. The molecule has 1 aliphatic rings. The van der Waals surface area contributed by atoms with Crippen molar-refractivity contribution in [2.45, 2.75) is 52.6 Å². The molecule has 0 saturated heterocycles. The number of rotatable bonds is 9. The van der Waals surface area contributed by atoms with Gasteiger partial charge in [0.15, 0.2) is 5.69 Å². The molecule has 0 aliphatic carbocycles. The number of aromatic nitrogens is 2. The van der Waals surface area contributed by atoms with E-state index in [9.17, 15) is 14.4 Å². The summed E-state index contributed by atoms with van der Waals surface area (Å²) in [6.07, 6.45) is 1.50. The van der Waals surface area contributed by atoms with Crippen molar-refractivity contribution >= 4 is 29.1 Å². The molecule has 168 valence electrons. The van der Waals surface area contributed by atoms with Crippen LogP contribution in [0, 0.1) is 5.92 Å². The second-order valence-corrected chi connectivity index (χ2v) is 9.32. The fourth-order valence-electron chi connectivity index (χ4n) is 3.64. The molecule has 2 amide bonds. The number of ether oxygens (including phenoxy) is 1. The highest BCUT2D eigenvalue weighted by Crippen LogP contribution is 2.28. The maximum atomic E-state index is 13.4. The zero-order valence-electron chi connectivity index (χ0n) is 18.5. The van der Waals surface area contributed by atoms with Crippen LogP contribution in [0.1, 0.15) is 60.0 Å². The molecule has 1 aliphatic heterocycles. The fraction of sp³-hybridized carbons (Fsp3) is 0.545. The molecule has 0 bridgehead atoms. The molecule has 31 heavy (non-hydrogen) atoms. The zero-order valence-corrected chi connectivity index (χ0v) is 19.3. The summed E-state index contributed by atoms with van der Waals surface area (Å²) in [4.78, 5) is 41.5. The van der Waals surface area contributed by atoms with Gasteiger partial charge in [0.05, 0.1) is 13.2 Å². The highest BCUT2D eigenvalue weighted by molar-refractivity contribution is 7.09. The number of hydrogen-bond acceptors (Lipinski definition) is 6. The molecular formula is C22H30N4O4S. The largest absolute Gasteiger partial charge is 0.461 e. The minimum atomic E-state index is -1.11. The minimum absolute atomic E-state index is 0.0767. The summed E-state index contributed by atoms with van der Waals surface area (Å²) < 4.78 is 6.48. The molecule has 0 radical (unpaired) electrons. The topological polar surface area (TPSA) is 93.5 Å². The third kappa shape index (κ3) is 4.98. The SMILES string of the molecule is CCOC(=O)c1cc2n(n1)C[C@](C)(C(=O)NCCC(C)C)N(CCc1cccs1)C2=O. The monoisotopic (exact) mass is 446 g/mol. The van der Waals surface area contributed by atoms with E-state index in [2.05, 4.69) is 24.3 Å². The van der Waals surface area contributed by atoms with Crippen LogP contribution in [0.5, 0.6) is 0 Å². The molecule has 1 N–H and O–H groups in total. The summed E-state index contributed by atoms with van der Waals surface area (Å²) in [5.41, 5.74) is -0.745. The Hall–Kier alpha value is -2.68. The number of nitrogens with one attached hydrogen (secondary N) is 1. The molecule has 9 heteroatoms. The van der Waals surface area contributed by atoms with E-state index < -0.39 is 11.5 Å². The lowest BCUT2D eigenvalue weighted by Gasteiger charge is -2.43. The molecule has 0 fully saturated rings. The normalized spacial score (nSPS) is 18.2. The van der Waals surface area contributed by atoms with E-state index in [4.69, 9.17) is 4.74 Å². The predicted octanol–water partition coefficient (Wildman–Crippen LogP) is 2.74. The van der Waals surface area contributed by atoms with Gasteiger partial charge in [0, 0.05) is 24.0 Å². The van der Waals surface area contributed by atoms with Crippen molar-refractivity contribution in [3.05, 3.63) is 39.8 Å². The van der Waals surface area contributed by atoms with Gasteiger partial charge in [-0.05, 0) is 44.1 Å². The Balaban J connectivity index is 1.89. The average molecular weight is 447 g/mol. The number of carbonyl (C=O) groups is 3. The Morgan fingerprint density at radius 1 is 1.39 bits per heavy atom. The lowest BCUT2D eigenvalue weighted by atomic mass is 9.94.